The molecule has 1 unspecified atom stereocenters. The van der Waals surface area contributed by atoms with Crippen LogP contribution in [0.2, 0.25) is 0 Å². The van der Waals surface area contributed by atoms with Gasteiger partial charge in [-0.2, -0.15) is 0 Å². The summed E-state index contributed by atoms with van der Waals surface area (Å²) < 4.78 is 0. The summed E-state index contributed by atoms with van der Waals surface area (Å²) in [6.45, 7) is 2.43. The van der Waals surface area contributed by atoms with E-state index in [4.69, 9.17) is 5.11 Å². The van der Waals surface area contributed by atoms with Crippen molar-refractivity contribution in [2.24, 2.45) is 0 Å². The van der Waals surface area contributed by atoms with E-state index in [1.54, 1.807) is 14.0 Å². The number of carboxylic acid groups (broad SMARTS) is 1. The molecule has 88 valence electrons. The molecule has 0 aliphatic rings. The molecule has 0 bridgehead atoms. The number of carboxylic acids is 1. The molecule has 0 fully saturated rings. The summed E-state index contributed by atoms with van der Waals surface area (Å²) in [5.41, 5.74) is 0. The van der Waals surface area contributed by atoms with E-state index in [1.807, 2.05) is 0 Å². The molecule has 0 aliphatic carbocycles. The number of carbonyl (C=O) groups excluding carboxylic acids is 1. The molecule has 0 aromatic rings. The van der Waals surface area contributed by atoms with Crippen molar-refractivity contribution < 1.29 is 14.7 Å². The number of hydrogen-bond donors (Lipinski definition) is 3. The summed E-state index contributed by atoms with van der Waals surface area (Å²) >= 11 is 0. The normalized spacial score (nSPS) is 12.1. The second-order valence-electron chi connectivity index (χ2n) is 3.38. The summed E-state index contributed by atoms with van der Waals surface area (Å²) in [5, 5.41) is 14.2. The van der Waals surface area contributed by atoms with E-state index in [9.17, 15) is 9.59 Å². The Morgan fingerprint density at radius 3 is 2.47 bits per heavy atom. The van der Waals surface area contributed by atoms with Gasteiger partial charge < -0.3 is 15.7 Å². The number of carbonyl (C=O) groups is 2. The van der Waals surface area contributed by atoms with Crippen LogP contribution in [0, 0.1) is 0 Å². The lowest BCUT2D eigenvalue weighted by Gasteiger charge is -2.10. The Hall–Kier alpha value is -1.10. The number of nitrogens with one attached hydrogen (secondary N) is 2. The van der Waals surface area contributed by atoms with Crippen molar-refractivity contribution in [3.05, 3.63) is 0 Å². The van der Waals surface area contributed by atoms with Gasteiger partial charge in [-0.1, -0.05) is 6.92 Å². The van der Waals surface area contributed by atoms with Crippen molar-refractivity contribution in [1.82, 2.24) is 10.6 Å². The summed E-state index contributed by atoms with van der Waals surface area (Å²) in [7, 11) is 1.64. The minimum absolute atomic E-state index is 0.0402. The number of likely N-dealkylation sites (N-methyl/N-ethyl adjacent to an activating group) is 1. The van der Waals surface area contributed by atoms with Crippen LogP contribution < -0.4 is 10.6 Å². The van der Waals surface area contributed by atoms with E-state index in [1.165, 1.54) is 0 Å². The molecule has 1 atom stereocenters. The van der Waals surface area contributed by atoms with Crippen molar-refractivity contribution in [3.8, 4) is 0 Å². The molecule has 0 aliphatic heterocycles. The molecule has 5 heteroatoms. The molecule has 0 rings (SSSR count). The summed E-state index contributed by atoms with van der Waals surface area (Å²) in [6.07, 6.45) is 2.70. The van der Waals surface area contributed by atoms with Gasteiger partial charge in [0, 0.05) is 13.0 Å². The van der Waals surface area contributed by atoms with Gasteiger partial charge in [-0.25, -0.2) is 0 Å². The van der Waals surface area contributed by atoms with Crippen LogP contribution in [-0.2, 0) is 9.59 Å². The standard InChI is InChI=1S/C10H20N2O3/c1-3-9(13)12-7-5-4-6-8(11-2)10(14)15/h8,11H,3-7H2,1-2H3,(H,12,13)(H,14,15). The number of rotatable bonds is 8. The Morgan fingerprint density at radius 1 is 1.33 bits per heavy atom. The van der Waals surface area contributed by atoms with Gasteiger partial charge in [-0.05, 0) is 26.3 Å². The van der Waals surface area contributed by atoms with Gasteiger partial charge in [-0.3, -0.25) is 9.59 Å². The molecule has 5 nitrogen and oxygen atoms in total. The highest BCUT2D eigenvalue weighted by Crippen LogP contribution is 2.00. The quantitative estimate of drug-likeness (QED) is 0.512. The third-order valence-electron chi connectivity index (χ3n) is 2.21. The summed E-state index contributed by atoms with van der Waals surface area (Å²) in [4.78, 5) is 21.5. The zero-order chi connectivity index (χ0) is 11.7. The highest BCUT2D eigenvalue weighted by Gasteiger charge is 2.13. The lowest BCUT2D eigenvalue weighted by Crippen LogP contribution is -2.33. The van der Waals surface area contributed by atoms with Gasteiger partial charge in [0.1, 0.15) is 6.04 Å². The minimum Gasteiger partial charge on any atom is -0.480 e. The Bertz CT molecular complexity index is 207. The first-order valence-corrected chi connectivity index (χ1v) is 5.28. The van der Waals surface area contributed by atoms with Gasteiger partial charge in [0.25, 0.3) is 0 Å². The molecule has 0 heterocycles. The van der Waals surface area contributed by atoms with Crippen LogP contribution in [0.25, 0.3) is 0 Å². The van der Waals surface area contributed by atoms with Gasteiger partial charge in [0.05, 0.1) is 0 Å². The van der Waals surface area contributed by atoms with Crippen LogP contribution in [0.3, 0.4) is 0 Å². The molecule has 0 aromatic heterocycles. The third kappa shape index (κ3) is 6.90. The van der Waals surface area contributed by atoms with Crippen LogP contribution in [0.15, 0.2) is 0 Å². The molecule has 3 N–H and O–H groups in total. The molecule has 1 amide bonds. The second-order valence-corrected chi connectivity index (χ2v) is 3.38. The Morgan fingerprint density at radius 2 is 2.00 bits per heavy atom. The number of hydrogen-bond acceptors (Lipinski definition) is 3. The van der Waals surface area contributed by atoms with Crippen LogP contribution in [0.1, 0.15) is 32.6 Å². The van der Waals surface area contributed by atoms with Crippen LogP contribution in [0.4, 0.5) is 0 Å². The average molecular weight is 216 g/mol. The molecule has 0 aromatic carbocycles. The topological polar surface area (TPSA) is 78.4 Å². The molecular weight excluding hydrogens is 196 g/mol. The summed E-state index contributed by atoms with van der Waals surface area (Å²) in [5.74, 6) is -0.784. The molecular formula is C10H20N2O3. The largest absolute Gasteiger partial charge is 0.480 e. The first-order valence-electron chi connectivity index (χ1n) is 5.28. The van der Waals surface area contributed by atoms with Gasteiger partial charge in [0.15, 0.2) is 0 Å². The lowest BCUT2D eigenvalue weighted by atomic mass is 10.1. The smallest absolute Gasteiger partial charge is 0.320 e. The van der Waals surface area contributed by atoms with Crippen molar-refractivity contribution in [2.75, 3.05) is 13.6 Å². The first-order chi connectivity index (χ1) is 7.11. The third-order valence-corrected chi connectivity index (χ3v) is 2.21. The van der Waals surface area contributed by atoms with E-state index >= 15 is 0 Å². The average Bonchev–Trinajstić information content (AvgIpc) is 2.22. The predicted octanol–water partition coefficient (Wildman–Crippen LogP) is 0.356. The van der Waals surface area contributed by atoms with Gasteiger partial charge >= 0.3 is 5.97 Å². The maximum atomic E-state index is 10.9. The maximum Gasteiger partial charge on any atom is 0.320 e. The Kier molecular flexibility index (Phi) is 7.62. The predicted molar refractivity (Wildman–Crippen MR) is 57.6 cm³/mol. The molecule has 0 saturated carbocycles. The minimum atomic E-state index is -0.824. The Labute approximate surface area is 90.2 Å². The number of amides is 1. The number of aliphatic carboxylic acids is 1. The highest BCUT2D eigenvalue weighted by atomic mass is 16.4. The van der Waals surface area contributed by atoms with Gasteiger partial charge in [0.2, 0.25) is 5.91 Å². The zero-order valence-electron chi connectivity index (χ0n) is 9.38. The van der Waals surface area contributed by atoms with Crippen molar-refractivity contribution in [2.45, 2.75) is 38.6 Å². The fourth-order valence-corrected chi connectivity index (χ4v) is 1.22. The van der Waals surface area contributed by atoms with E-state index < -0.39 is 12.0 Å². The summed E-state index contributed by atoms with van der Waals surface area (Å²) in [6, 6.07) is -0.480. The van der Waals surface area contributed by atoms with Crippen molar-refractivity contribution >= 4 is 11.9 Å². The zero-order valence-corrected chi connectivity index (χ0v) is 9.38. The van der Waals surface area contributed by atoms with Crippen molar-refractivity contribution in [3.63, 3.8) is 0 Å². The van der Waals surface area contributed by atoms with Crippen molar-refractivity contribution in [1.29, 1.82) is 0 Å². The monoisotopic (exact) mass is 216 g/mol. The fraction of sp³-hybridized carbons (Fsp3) is 0.800. The van der Waals surface area contributed by atoms with Crippen LogP contribution in [0.5, 0.6) is 0 Å². The molecule has 15 heavy (non-hydrogen) atoms. The lowest BCUT2D eigenvalue weighted by molar-refractivity contribution is -0.139. The van der Waals surface area contributed by atoms with E-state index in [2.05, 4.69) is 10.6 Å². The maximum absolute atomic E-state index is 10.9. The van der Waals surface area contributed by atoms with Crippen LogP contribution in [-0.4, -0.2) is 36.6 Å². The first kappa shape index (κ1) is 13.9. The van der Waals surface area contributed by atoms with Gasteiger partial charge in [-0.15, -0.1) is 0 Å². The van der Waals surface area contributed by atoms with E-state index in [-0.39, 0.29) is 5.91 Å². The highest BCUT2D eigenvalue weighted by molar-refractivity contribution is 5.75. The SMILES string of the molecule is CCC(=O)NCCCCC(NC)C(=O)O. The number of unbranched alkanes of at least 4 members (excludes halogenated alkanes) is 1. The van der Waals surface area contributed by atoms with E-state index in [0.717, 1.165) is 12.8 Å². The molecule has 0 radical (unpaired) electrons. The Balaban J connectivity index is 3.45. The second kappa shape index (κ2) is 8.23. The van der Waals surface area contributed by atoms with E-state index in [0.29, 0.717) is 19.4 Å². The molecule has 0 spiro atoms. The van der Waals surface area contributed by atoms with Crippen LogP contribution >= 0.6 is 0 Å². The molecule has 0 saturated heterocycles. The fourth-order valence-electron chi connectivity index (χ4n) is 1.22.